The van der Waals surface area contributed by atoms with Crippen molar-refractivity contribution in [3.05, 3.63) is 28.8 Å². The molecule has 100 valence electrons. The molecule has 1 rings (SSSR count). The highest BCUT2D eigenvalue weighted by Crippen LogP contribution is 2.23. The number of carbonyl (C=O) groups is 1. The Morgan fingerprint density at radius 3 is 2.61 bits per heavy atom. The maximum absolute atomic E-state index is 12.1. The van der Waals surface area contributed by atoms with Crippen LogP contribution in [0.5, 0.6) is 0 Å². The molecular weight excluding hydrogens is 248 g/mol. The van der Waals surface area contributed by atoms with E-state index in [1.54, 1.807) is 4.90 Å². The molecule has 0 fully saturated rings. The molecular formula is C14H21ClN2O. The van der Waals surface area contributed by atoms with Crippen LogP contribution in [-0.2, 0) is 0 Å². The number of amides is 2. The number of nitrogens with zero attached hydrogens (tertiary/aromatic N) is 1. The van der Waals surface area contributed by atoms with Crippen molar-refractivity contribution in [3.63, 3.8) is 0 Å². The summed E-state index contributed by atoms with van der Waals surface area (Å²) in [5.74, 6) is 0. The van der Waals surface area contributed by atoms with Crippen molar-refractivity contribution in [1.82, 2.24) is 5.32 Å². The molecule has 0 atom stereocenters. The molecule has 0 heterocycles. The van der Waals surface area contributed by atoms with Crippen LogP contribution < -0.4 is 10.2 Å². The highest BCUT2D eigenvalue weighted by atomic mass is 35.5. The third-order valence-corrected chi connectivity index (χ3v) is 3.09. The van der Waals surface area contributed by atoms with Crippen molar-refractivity contribution < 1.29 is 4.79 Å². The summed E-state index contributed by atoms with van der Waals surface area (Å²) < 4.78 is 0. The summed E-state index contributed by atoms with van der Waals surface area (Å²) in [6.45, 7) is 7.42. The third-order valence-electron chi connectivity index (χ3n) is 2.69. The van der Waals surface area contributed by atoms with E-state index in [1.165, 1.54) is 0 Å². The van der Waals surface area contributed by atoms with Crippen molar-refractivity contribution >= 4 is 23.3 Å². The number of benzene rings is 1. The molecule has 4 heteroatoms. The summed E-state index contributed by atoms with van der Waals surface area (Å²) in [7, 11) is 0. The zero-order chi connectivity index (χ0) is 13.5. The minimum atomic E-state index is -0.0568. The lowest BCUT2D eigenvalue weighted by molar-refractivity contribution is 0.246. The van der Waals surface area contributed by atoms with Crippen molar-refractivity contribution in [3.8, 4) is 0 Å². The number of hydrogen-bond acceptors (Lipinski definition) is 1. The number of rotatable bonds is 5. The van der Waals surface area contributed by atoms with Gasteiger partial charge in [0.1, 0.15) is 0 Å². The Bertz CT molecular complexity index is 407. The first kappa shape index (κ1) is 14.8. The van der Waals surface area contributed by atoms with E-state index in [0.717, 1.165) is 24.1 Å². The lowest BCUT2D eigenvalue weighted by atomic mass is 10.2. The second kappa shape index (κ2) is 7.27. The number of aryl methyl sites for hydroxylation is 1. The Kier molecular flexibility index (Phi) is 5.99. The maximum atomic E-state index is 12.1. The largest absolute Gasteiger partial charge is 0.338 e. The van der Waals surface area contributed by atoms with Crippen molar-refractivity contribution in [2.45, 2.75) is 33.6 Å². The van der Waals surface area contributed by atoms with Gasteiger partial charge in [-0.25, -0.2) is 4.79 Å². The topological polar surface area (TPSA) is 32.3 Å². The molecule has 0 saturated carbocycles. The lowest BCUT2D eigenvalue weighted by Crippen LogP contribution is -2.40. The van der Waals surface area contributed by atoms with Gasteiger partial charge in [0.2, 0.25) is 0 Å². The third kappa shape index (κ3) is 3.91. The molecule has 3 nitrogen and oxygen atoms in total. The van der Waals surface area contributed by atoms with E-state index in [4.69, 9.17) is 11.6 Å². The Morgan fingerprint density at radius 2 is 2.06 bits per heavy atom. The Labute approximate surface area is 114 Å². The first-order valence-electron chi connectivity index (χ1n) is 6.41. The van der Waals surface area contributed by atoms with Crippen LogP contribution in [0.3, 0.4) is 0 Å². The molecule has 0 aliphatic rings. The van der Waals surface area contributed by atoms with Gasteiger partial charge < -0.3 is 5.32 Å². The average Bonchev–Trinajstić information content (AvgIpc) is 2.36. The molecule has 2 amide bonds. The maximum Gasteiger partial charge on any atom is 0.321 e. The number of nitrogens with one attached hydrogen (secondary N) is 1. The van der Waals surface area contributed by atoms with Gasteiger partial charge in [-0.3, -0.25) is 4.90 Å². The van der Waals surface area contributed by atoms with Crippen LogP contribution >= 0.6 is 11.6 Å². The van der Waals surface area contributed by atoms with Gasteiger partial charge in [0.15, 0.2) is 0 Å². The summed E-state index contributed by atoms with van der Waals surface area (Å²) in [4.78, 5) is 13.8. The standard InChI is InChI=1S/C14H21ClN2O/c1-4-8-16-14(18)17(9-5-2)12-7-6-11(3)13(15)10-12/h6-7,10H,4-5,8-9H2,1-3H3,(H,16,18). The number of hydrogen-bond donors (Lipinski definition) is 1. The Balaban J connectivity index is 2.89. The molecule has 0 aliphatic heterocycles. The molecule has 0 saturated heterocycles. The van der Waals surface area contributed by atoms with Gasteiger partial charge in [-0.05, 0) is 37.5 Å². The molecule has 0 aromatic heterocycles. The molecule has 0 unspecified atom stereocenters. The van der Waals surface area contributed by atoms with Crippen molar-refractivity contribution in [2.75, 3.05) is 18.0 Å². The van der Waals surface area contributed by atoms with Crippen LogP contribution in [0.2, 0.25) is 5.02 Å². The Hall–Kier alpha value is -1.22. The van der Waals surface area contributed by atoms with E-state index in [0.29, 0.717) is 18.1 Å². The smallest absolute Gasteiger partial charge is 0.321 e. The second-order valence-corrected chi connectivity index (χ2v) is 4.72. The van der Waals surface area contributed by atoms with Gasteiger partial charge in [0.05, 0.1) is 0 Å². The SMILES string of the molecule is CCCNC(=O)N(CCC)c1ccc(C)c(Cl)c1. The van der Waals surface area contributed by atoms with Gasteiger partial charge in [0, 0.05) is 23.8 Å². The summed E-state index contributed by atoms with van der Waals surface area (Å²) >= 11 is 6.11. The highest BCUT2D eigenvalue weighted by molar-refractivity contribution is 6.31. The van der Waals surface area contributed by atoms with Crippen LogP contribution in [0.15, 0.2) is 18.2 Å². The van der Waals surface area contributed by atoms with E-state index < -0.39 is 0 Å². The van der Waals surface area contributed by atoms with Gasteiger partial charge >= 0.3 is 6.03 Å². The predicted octanol–water partition coefficient (Wildman–Crippen LogP) is 3.98. The van der Waals surface area contributed by atoms with E-state index in [1.807, 2.05) is 32.0 Å². The van der Waals surface area contributed by atoms with Crippen LogP contribution in [-0.4, -0.2) is 19.1 Å². The molecule has 0 radical (unpaired) electrons. The van der Waals surface area contributed by atoms with E-state index in [2.05, 4.69) is 12.2 Å². The van der Waals surface area contributed by atoms with Gasteiger partial charge in [-0.1, -0.05) is 31.5 Å². The fourth-order valence-corrected chi connectivity index (χ4v) is 1.82. The fourth-order valence-electron chi connectivity index (χ4n) is 1.65. The summed E-state index contributed by atoms with van der Waals surface area (Å²) in [5, 5.41) is 3.59. The summed E-state index contributed by atoms with van der Waals surface area (Å²) in [6.07, 6.45) is 1.84. The minimum absolute atomic E-state index is 0.0568. The zero-order valence-electron chi connectivity index (χ0n) is 11.3. The fraction of sp³-hybridized carbons (Fsp3) is 0.500. The normalized spacial score (nSPS) is 10.2. The molecule has 0 aliphatic carbocycles. The first-order valence-corrected chi connectivity index (χ1v) is 6.79. The predicted molar refractivity (Wildman–Crippen MR) is 77.5 cm³/mol. The molecule has 1 aromatic carbocycles. The highest BCUT2D eigenvalue weighted by Gasteiger charge is 2.14. The monoisotopic (exact) mass is 268 g/mol. The van der Waals surface area contributed by atoms with E-state index in [9.17, 15) is 4.79 Å². The van der Waals surface area contributed by atoms with E-state index in [-0.39, 0.29) is 6.03 Å². The zero-order valence-corrected chi connectivity index (χ0v) is 12.0. The van der Waals surface area contributed by atoms with E-state index >= 15 is 0 Å². The van der Waals surface area contributed by atoms with Gasteiger partial charge in [-0.15, -0.1) is 0 Å². The van der Waals surface area contributed by atoms with Crippen LogP contribution in [0.1, 0.15) is 32.3 Å². The molecule has 1 N–H and O–H groups in total. The van der Waals surface area contributed by atoms with Crippen LogP contribution in [0, 0.1) is 6.92 Å². The van der Waals surface area contributed by atoms with Crippen LogP contribution in [0.4, 0.5) is 10.5 Å². The molecule has 0 bridgehead atoms. The first-order chi connectivity index (χ1) is 8.60. The molecule has 0 spiro atoms. The minimum Gasteiger partial charge on any atom is -0.338 e. The lowest BCUT2D eigenvalue weighted by Gasteiger charge is -2.23. The average molecular weight is 269 g/mol. The van der Waals surface area contributed by atoms with Crippen LogP contribution in [0.25, 0.3) is 0 Å². The summed E-state index contributed by atoms with van der Waals surface area (Å²) in [5.41, 5.74) is 1.87. The quantitative estimate of drug-likeness (QED) is 0.861. The second-order valence-electron chi connectivity index (χ2n) is 4.32. The molecule has 18 heavy (non-hydrogen) atoms. The van der Waals surface area contributed by atoms with Gasteiger partial charge in [0.25, 0.3) is 0 Å². The van der Waals surface area contributed by atoms with Gasteiger partial charge in [-0.2, -0.15) is 0 Å². The Morgan fingerprint density at radius 1 is 1.33 bits per heavy atom. The molecule has 1 aromatic rings. The summed E-state index contributed by atoms with van der Waals surface area (Å²) in [6, 6.07) is 5.66. The number of carbonyl (C=O) groups excluding carboxylic acids is 1. The number of halogens is 1. The van der Waals surface area contributed by atoms with Crippen molar-refractivity contribution in [2.24, 2.45) is 0 Å². The number of urea groups is 1. The van der Waals surface area contributed by atoms with Crippen molar-refractivity contribution in [1.29, 1.82) is 0 Å². The number of anilines is 1.